The van der Waals surface area contributed by atoms with Crippen LogP contribution in [-0.2, 0) is 17.9 Å². The highest BCUT2D eigenvalue weighted by molar-refractivity contribution is 7.07. The molecule has 0 saturated carbocycles. The van der Waals surface area contributed by atoms with Gasteiger partial charge in [-0.3, -0.25) is 4.90 Å². The first kappa shape index (κ1) is 15.5. The van der Waals surface area contributed by atoms with Crippen LogP contribution in [0.5, 0.6) is 5.75 Å². The molecule has 0 saturated heterocycles. The van der Waals surface area contributed by atoms with Gasteiger partial charge >= 0.3 is 5.97 Å². The Balaban J connectivity index is 2.03. The van der Waals surface area contributed by atoms with Gasteiger partial charge in [-0.1, -0.05) is 18.2 Å². The van der Waals surface area contributed by atoms with E-state index in [2.05, 4.69) is 21.7 Å². The van der Waals surface area contributed by atoms with Crippen molar-refractivity contribution in [3.05, 3.63) is 52.2 Å². The fourth-order valence-corrected chi connectivity index (χ4v) is 2.69. The van der Waals surface area contributed by atoms with Crippen molar-refractivity contribution >= 4 is 17.3 Å². The van der Waals surface area contributed by atoms with Gasteiger partial charge in [-0.15, -0.1) is 0 Å². The lowest BCUT2D eigenvalue weighted by Crippen LogP contribution is -2.24. The number of ether oxygens (including phenoxy) is 1. The number of carboxylic acid groups (broad SMARTS) is 1. The number of para-hydroxylation sites is 1. The fraction of sp³-hybridized carbons (Fsp3) is 0.312. The molecular weight excluding hydrogens is 286 g/mol. The number of nitrogens with zero attached hydrogens (tertiary/aromatic N) is 1. The zero-order valence-corrected chi connectivity index (χ0v) is 13.0. The van der Waals surface area contributed by atoms with Crippen LogP contribution in [0.2, 0.25) is 0 Å². The van der Waals surface area contributed by atoms with E-state index in [-0.39, 0.29) is 0 Å². The molecule has 5 heteroatoms. The summed E-state index contributed by atoms with van der Waals surface area (Å²) in [4.78, 5) is 13.1. The molecule has 0 aliphatic rings. The molecule has 1 N–H and O–H groups in total. The summed E-state index contributed by atoms with van der Waals surface area (Å²) in [6.45, 7) is 3.10. The molecule has 1 heterocycles. The van der Waals surface area contributed by atoms with Gasteiger partial charge in [-0.2, -0.15) is 11.3 Å². The molecule has 0 spiro atoms. The lowest BCUT2D eigenvalue weighted by molar-refractivity contribution is -0.144. The number of carboxylic acids is 1. The van der Waals surface area contributed by atoms with E-state index in [0.717, 1.165) is 12.1 Å². The van der Waals surface area contributed by atoms with Crippen LogP contribution in [0, 0.1) is 0 Å². The lowest BCUT2D eigenvalue weighted by Gasteiger charge is -2.19. The van der Waals surface area contributed by atoms with Gasteiger partial charge in [0.2, 0.25) is 0 Å². The van der Waals surface area contributed by atoms with Crippen molar-refractivity contribution in [3.8, 4) is 5.75 Å². The van der Waals surface area contributed by atoms with Crippen molar-refractivity contribution in [1.29, 1.82) is 0 Å². The van der Waals surface area contributed by atoms with Crippen LogP contribution in [0.1, 0.15) is 18.1 Å². The maximum absolute atomic E-state index is 10.9. The second-order valence-electron chi connectivity index (χ2n) is 5.01. The Labute approximate surface area is 128 Å². The van der Waals surface area contributed by atoms with Crippen molar-refractivity contribution in [2.75, 3.05) is 7.05 Å². The second kappa shape index (κ2) is 7.24. The summed E-state index contributed by atoms with van der Waals surface area (Å²) in [7, 11) is 2.04. The van der Waals surface area contributed by atoms with Gasteiger partial charge in [-0.05, 0) is 42.4 Å². The van der Waals surface area contributed by atoms with Gasteiger partial charge in [0.15, 0.2) is 6.10 Å². The average Bonchev–Trinajstić information content (AvgIpc) is 2.93. The minimum atomic E-state index is -0.962. The van der Waals surface area contributed by atoms with Crippen molar-refractivity contribution in [1.82, 2.24) is 4.90 Å². The van der Waals surface area contributed by atoms with E-state index in [1.54, 1.807) is 11.3 Å². The molecule has 4 nitrogen and oxygen atoms in total. The third-order valence-electron chi connectivity index (χ3n) is 3.10. The Bertz CT molecular complexity index is 583. The molecule has 0 aliphatic heterocycles. The van der Waals surface area contributed by atoms with Crippen LogP contribution in [0.4, 0.5) is 0 Å². The third-order valence-corrected chi connectivity index (χ3v) is 3.83. The van der Waals surface area contributed by atoms with Crippen LogP contribution in [-0.4, -0.2) is 29.1 Å². The van der Waals surface area contributed by atoms with Gasteiger partial charge in [0.25, 0.3) is 0 Å². The van der Waals surface area contributed by atoms with Crippen molar-refractivity contribution in [3.63, 3.8) is 0 Å². The summed E-state index contributed by atoms with van der Waals surface area (Å²) < 4.78 is 5.52. The van der Waals surface area contributed by atoms with E-state index < -0.39 is 12.1 Å². The number of aliphatic carboxylic acids is 1. The highest BCUT2D eigenvalue weighted by atomic mass is 32.1. The Kier molecular flexibility index (Phi) is 5.36. The van der Waals surface area contributed by atoms with Crippen LogP contribution < -0.4 is 4.74 Å². The van der Waals surface area contributed by atoms with E-state index in [0.29, 0.717) is 12.3 Å². The van der Waals surface area contributed by atoms with Crippen LogP contribution in [0.25, 0.3) is 0 Å². The first-order valence-corrected chi connectivity index (χ1v) is 7.67. The topological polar surface area (TPSA) is 49.8 Å². The van der Waals surface area contributed by atoms with Crippen LogP contribution >= 0.6 is 11.3 Å². The molecule has 0 aliphatic carbocycles. The highest BCUT2D eigenvalue weighted by Crippen LogP contribution is 2.21. The number of carbonyl (C=O) groups is 1. The number of hydrogen-bond donors (Lipinski definition) is 1. The number of benzene rings is 1. The van der Waals surface area contributed by atoms with E-state index in [1.807, 2.05) is 31.3 Å². The normalized spacial score (nSPS) is 12.3. The predicted molar refractivity (Wildman–Crippen MR) is 83.7 cm³/mol. The Morgan fingerprint density at radius 3 is 2.76 bits per heavy atom. The molecule has 112 valence electrons. The molecule has 0 bridgehead atoms. The van der Waals surface area contributed by atoms with Crippen LogP contribution in [0.15, 0.2) is 41.1 Å². The summed E-state index contributed by atoms with van der Waals surface area (Å²) in [5, 5.41) is 13.1. The molecule has 0 amide bonds. The SMILES string of the molecule is CC(Oc1ccccc1CN(C)Cc1ccsc1)C(=O)O. The van der Waals surface area contributed by atoms with E-state index >= 15 is 0 Å². The van der Waals surface area contributed by atoms with Gasteiger partial charge in [0, 0.05) is 18.7 Å². The molecule has 0 radical (unpaired) electrons. The minimum Gasteiger partial charge on any atom is -0.479 e. The molecule has 1 aromatic heterocycles. The Morgan fingerprint density at radius 1 is 1.33 bits per heavy atom. The van der Waals surface area contributed by atoms with Crippen molar-refractivity contribution < 1.29 is 14.6 Å². The number of thiophene rings is 1. The van der Waals surface area contributed by atoms with E-state index in [1.165, 1.54) is 12.5 Å². The number of hydrogen-bond acceptors (Lipinski definition) is 4. The maximum atomic E-state index is 10.9. The summed E-state index contributed by atoms with van der Waals surface area (Å²) in [6, 6.07) is 9.68. The second-order valence-corrected chi connectivity index (χ2v) is 5.79. The lowest BCUT2D eigenvalue weighted by atomic mass is 10.2. The van der Waals surface area contributed by atoms with Crippen molar-refractivity contribution in [2.45, 2.75) is 26.1 Å². The van der Waals surface area contributed by atoms with Gasteiger partial charge in [0.05, 0.1) is 0 Å². The third kappa shape index (κ3) is 4.58. The molecule has 2 aromatic rings. The van der Waals surface area contributed by atoms with Crippen LogP contribution in [0.3, 0.4) is 0 Å². The largest absolute Gasteiger partial charge is 0.479 e. The Hall–Kier alpha value is -1.85. The predicted octanol–water partition coefficient (Wildman–Crippen LogP) is 3.23. The summed E-state index contributed by atoms with van der Waals surface area (Å²) >= 11 is 1.69. The summed E-state index contributed by atoms with van der Waals surface area (Å²) in [5.41, 5.74) is 2.27. The minimum absolute atomic E-state index is 0.629. The standard InChI is InChI=1S/C16H19NO3S/c1-12(16(18)19)20-15-6-4-3-5-14(15)10-17(2)9-13-7-8-21-11-13/h3-8,11-12H,9-10H2,1-2H3,(H,18,19). The zero-order chi connectivity index (χ0) is 15.2. The molecule has 1 atom stereocenters. The van der Waals surface area contributed by atoms with E-state index in [9.17, 15) is 4.79 Å². The van der Waals surface area contributed by atoms with Crippen molar-refractivity contribution in [2.24, 2.45) is 0 Å². The van der Waals surface area contributed by atoms with Gasteiger partial charge in [0.1, 0.15) is 5.75 Å². The summed E-state index contributed by atoms with van der Waals surface area (Å²) in [5.74, 6) is -0.332. The van der Waals surface area contributed by atoms with Gasteiger partial charge < -0.3 is 9.84 Å². The molecule has 0 fully saturated rings. The first-order chi connectivity index (χ1) is 10.1. The zero-order valence-electron chi connectivity index (χ0n) is 12.2. The monoisotopic (exact) mass is 305 g/mol. The summed E-state index contributed by atoms with van der Waals surface area (Å²) in [6.07, 6.45) is -0.853. The smallest absolute Gasteiger partial charge is 0.344 e. The molecule has 21 heavy (non-hydrogen) atoms. The quantitative estimate of drug-likeness (QED) is 0.853. The average molecular weight is 305 g/mol. The first-order valence-electron chi connectivity index (χ1n) is 6.73. The fourth-order valence-electron chi connectivity index (χ4n) is 2.03. The molecule has 2 rings (SSSR count). The molecule has 1 unspecified atom stereocenters. The number of rotatable bonds is 7. The van der Waals surface area contributed by atoms with E-state index in [4.69, 9.17) is 9.84 Å². The highest BCUT2D eigenvalue weighted by Gasteiger charge is 2.15. The maximum Gasteiger partial charge on any atom is 0.344 e. The molecule has 1 aromatic carbocycles. The molecular formula is C16H19NO3S. The Morgan fingerprint density at radius 2 is 2.10 bits per heavy atom. The van der Waals surface area contributed by atoms with Gasteiger partial charge in [-0.25, -0.2) is 4.79 Å².